The van der Waals surface area contributed by atoms with Crippen LogP contribution in [0.4, 0.5) is 8.78 Å². The van der Waals surface area contributed by atoms with E-state index in [-0.39, 0.29) is 18.4 Å². The quantitative estimate of drug-likeness (QED) is 0.883. The average Bonchev–Trinajstić information content (AvgIpc) is 2.40. The second-order valence-corrected chi connectivity index (χ2v) is 5.08. The third-order valence-corrected chi connectivity index (χ3v) is 3.77. The number of piperidine rings is 1. The highest BCUT2D eigenvalue weighted by molar-refractivity contribution is 5.75. The molecule has 0 spiro atoms. The van der Waals surface area contributed by atoms with Gasteiger partial charge in [0.2, 0.25) is 0 Å². The molecule has 19 heavy (non-hydrogen) atoms. The summed E-state index contributed by atoms with van der Waals surface area (Å²) >= 11 is 0. The molecule has 5 heteroatoms. The first-order valence-electron chi connectivity index (χ1n) is 6.34. The Morgan fingerprint density at radius 3 is 2.37 bits per heavy atom. The van der Waals surface area contributed by atoms with Crippen molar-refractivity contribution in [1.82, 2.24) is 5.32 Å². The normalized spacial score (nSPS) is 19.1. The standard InChI is InChI=1S/C14H17F2NO2/c15-14(16,11-4-2-1-3-5-11)10-13(12(18)19)6-8-17-9-7-13/h1-5,17H,6-10H2,(H,18,19). The summed E-state index contributed by atoms with van der Waals surface area (Å²) in [6, 6.07) is 7.43. The van der Waals surface area contributed by atoms with Crippen LogP contribution in [0.1, 0.15) is 24.8 Å². The summed E-state index contributed by atoms with van der Waals surface area (Å²) in [5, 5.41) is 12.3. The van der Waals surface area contributed by atoms with Crippen LogP contribution in [0.15, 0.2) is 30.3 Å². The molecule has 1 aliphatic rings. The van der Waals surface area contributed by atoms with Crippen LogP contribution in [0, 0.1) is 5.41 Å². The SMILES string of the molecule is O=C(O)C1(CC(F)(F)c2ccccc2)CCNCC1. The Bertz CT molecular complexity index is 442. The van der Waals surface area contributed by atoms with Gasteiger partial charge < -0.3 is 10.4 Å². The Hall–Kier alpha value is -1.49. The number of carbonyl (C=O) groups is 1. The van der Waals surface area contributed by atoms with E-state index in [0.29, 0.717) is 13.1 Å². The first-order chi connectivity index (χ1) is 8.96. The summed E-state index contributed by atoms with van der Waals surface area (Å²) < 4.78 is 28.5. The smallest absolute Gasteiger partial charge is 0.309 e. The molecule has 0 radical (unpaired) electrons. The van der Waals surface area contributed by atoms with Crippen molar-refractivity contribution in [1.29, 1.82) is 0 Å². The van der Waals surface area contributed by atoms with Gasteiger partial charge in [-0.1, -0.05) is 30.3 Å². The fourth-order valence-corrected chi connectivity index (χ4v) is 2.58. The number of halogens is 2. The van der Waals surface area contributed by atoms with E-state index in [9.17, 15) is 18.7 Å². The van der Waals surface area contributed by atoms with Gasteiger partial charge in [0.25, 0.3) is 5.92 Å². The molecular formula is C14H17F2NO2. The maximum absolute atomic E-state index is 14.3. The van der Waals surface area contributed by atoms with E-state index in [2.05, 4.69) is 5.32 Å². The first kappa shape index (κ1) is 13.9. The largest absolute Gasteiger partial charge is 0.481 e. The molecule has 0 saturated carbocycles. The third kappa shape index (κ3) is 2.92. The van der Waals surface area contributed by atoms with E-state index in [1.807, 2.05) is 0 Å². The van der Waals surface area contributed by atoms with Crippen LogP contribution >= 0.6 is 0 Å². The average molecular weight is 269 g/mol. The van der Waals surface area contributed by atoms with E-state index in [1.54, 1.807) is 18.2 Å². The highest BCUT2D eigenvalue weighted by Gasteiger charge is 2.48. The molecule has 1 heterocycles. The lowest BCUT2D eigenvalue weighted by atomic mass is 9.73. The van der Waals surface area contributed by atoms with E-state index in [4.69, 9.17) is 0 Å². The Balaban J connectivity index is 2.23. The molecule has 0 atom stereocenters. The molecule has 0 unspecified atom stereocenters. The maximum atomic E-state index is 14.3. The van der Waals surface area contributed by atoms with E-state index in [1.165, 1.54) is 12.1 Å². The Labute approximate surface area is 110 Å². The number of hydrogen-bond donors (Lipinski definition) is 2. The lowest BCUT2D eigenvalue weighted by Crippen LogP contribution is -2.45. The molecule has 1 aliphatic heterocycles. The lowest BCUT2D eigenvalue weighted by molar-refractivity contribution is -0.159. The minimum atomic E-state index is -3.11. The summed E-state index contributed by atoms with van der Waals surface area (Å²) in [4.78, 5) is 11.4. The van der Waals surface area contributed by atoms with Crippen LogP contribution in [-0.4, -0.2) is 24.2 Å². The van der Waals surface area contributed by atoms with Crippen molar-refractivity contribution < 1.29 is 18.7 Å². The number of benzene rings is 1. The molecule has 1 aromatic carbocycles. The molecule has 104 valence electrons. The Morgan fingerprint density at radius 1 is 1.26 bits per heavy atom. The van der Waals surface area contributed by atoms with Gasteiger partial charge in [-0.05, 0) is 25.9 Å². The molecule has 0 aliphatic carbocycles. The van der Waals surface area contributed by atoms with Crippen molar-refractivity contribution in [2.45, 2.75) is 25.2 Å². The number of carboxylic acid groups (broad SMARTS) is 1. The molecule has 0 bridgehead atoms. The van der Waals surface area contributed by atoms with Gasteiger partial charge >= 0.3 is 5.97 Å². The van der Waals surface area contributed by atoms with Gasteiger partial charge in [0.15, 0.2) is 0 Å². The molecule has 2 N–H and O–H groups in total. The van der Waals surface area contributed by atoms with Crippen molar-refractivity contribution in [3.63, 3.8) is 0 Å². The highest BCUT2D eigenvalue weighted by Crippen LogP contribution is 2.44. The lowest BCUT2D eigenvalue weighted by Gasteiger charge is -2.36. The van der Waals surface area contributed by atoms with Crippen LogP contribution in [-0.2, 0) is 10.7 Å². The van der Waals surface area contributed by atoms with Gasteiger partial charge in [0, 0.05) is 12.0 Å². The fraction of sp³-hybridized carbons (Fsp3) is 0.500. The molecule has 2 rings (SSSR count). The number of nitrogens with one attached hydrogen (secondary N) is 1. The number of alkyl halides is 2. The molecule has 1 fully saturated rings. The van der Waals surface area contributed by atoms with Gasteiger partial charge in [-0.25, -0.2) is 8.78 Å². The fourth-order valence-electron chi connectivity index (χ4n) is 2.58. The maximum Gasteiger partial charge on any atom is 0.309 e. The number of rotatable bonds is 4. The number of hydrogen-bond acceptors (Lipinski definition) is 2. The van der Waals surface area contributed by atoms with E-state index < -0.39 is 23.7 Å². The summed E-state index contributed by atoms with van der Waals surface area (Å²) in [5.74, 6) is -4.23. The summed E-state index contributed by atoms with van der Waals surface area (Å²) in [6.45, 7) is 0.939. The van der Waals surface area contributed by atoms with E-state index in [0.717, 1.165) is 0 Å². The van der Waals surface area contributed by atoms with Crippen LogP contribution in [0.5, 0.6) is 0 Å². The summed E-state index contributed by atoms with van der Waals surface area (Å²) in [6.07, 6.45) is -0.156. The summed E-state index contributed by atoms with van der Waals surface area (Å²) in [5.41, 5.74) is -1.45. The third-order valence-electron chi connectivity index (χ3n) is 3.77. The van der Waals surface area contributed by atoms with Gasteiger partial charge in [-0.2, -0.15) is 0 Å². The second-order valence-electron chi connectivity index (χ2n) is 5.08. The first-order valence-corrected chi connectivity index (χ1v) is 6.34. The Morgan fingerprint density at radius 2 is 1.84 bits per heavy atom. The van der Waals surface area contributed by atoms with Crippen LogP contribution in [0.3, 0.4) is 0 Å². The Kier molecular flexibility index (Phi) is 3.85. The molecule has 0 aromatic heterocycles. The molecular weight excluding hydrogens is 252 g/mol. The van der Waals surface area contributed by atoms with Crippen LogP contribution in [0.2, 0.25) is 0 Å². The molecule has 3 nitrogen and oxygen atoms in total. The second kappa shape index (κ2) is 5.25. The zero-order chi connectivity index (χ0) is 13.9. The highest BCUT2D eigenvalue weighted by atomic mass is 19.3. The van der Waals surface area contributed by atoms with Crippen molar-refractivity contribution in [2.24, 2.45) is 5.41 Å². The number of carboxylic acids is 1. The molecule has 1 saturated heterocycles. The number of aliphatic carboxylic acids is 1. The van der Waals surface area contributed by atoms with Crippen molar-refractivity contribution in [3.8, 4) is 0 Å². The predicted octanol–water partition coefficient (Wildman–Crippen LogP) is 2.62. The van der Waals surface area contributed by atoms with Crippen molar-refractivity contribution in [2.75, 3.05) is 13.1 Å². The summed E-state index contributed by atoms with van der Waals surface area (Å²) in [7, 11) is 0. The van der Waals surface area contributed by atoms with Crippen molar-refractivity contribution >= 4 is 5.97 Å². The molecule has 0 amide bonds. The minimum Gasteiger partial charge on any atom is -0.481 e. The van der Waals surface area contributed by atoms with Crippen LogP contribution < -0.4 is 5.32 Å². The van der Waals surface area contributed by atoms with E-state index >= 15 is 0 Å². The topological polar surface area (TPSA) is 49.3 Å². The zero-order valence-electron chi connectivity index (χ0n) is 10.5. The predicted molar refractivity (Wildman–Crippen MR) is 67.1 cm³/mol. The molecule has 1 aromatic rings. The zero-order valence-corrected chi connectivity index (χ0v) is 10.5. The van der Waals surface area contributed by atoms with Gasteiger partial charge in [-0.15, -0.1) is 0 Å². The van der Waals surface area contributed by atoms with Gasteiger partial charge in [0.1, 0.15) is 0 Å². The monoisotopic (exact) mass is 269 g/mol. The van der Waals surface area contributed by atoms with Crippen LogP contribution in [0.25, 0.3) is 0 Å². The minimum absolute atomic E-state index is 0.117. The van der Waals surface area contributed by atoms with Crippen molar-refractivity contribution in [3.05, 3.63) is 35.9 Å². The van der Waals surface area contributed by atoms with Gasteiger partial charge in [-0.3, -0.25) is 4.79 Å². The van der Waals surface area contributed by atoms with Gasteiger partial charge in [0.05, 0.1) is 5.41 Å².